The first kappa shape index (κ1) is 20.9. The van der Waals surface area contributed by atoms with Gasteiger partial charge in [-0.1, -0.05) is 12.1 Å². The van der Waals surface area contributed by atoms with Crippen molar-refractivity contribution in [1.29, 1.82) is 0 Å². The molecule has 6 heteroatoms. The van der Waals surface area contributed by atoms with Crippen LogP contribution in [-0.2, 0) is 0 Å². The molecule has 0 aliphatic heterocycles. The van der Waals surface area contributed by atoms with Crippen LogP contribution in [0.1, 0.15) is 34.6 Å². The van der Waals surface area contributed by atoms with Crippen molar-refractivity contribution in [2.45, 2.75) is 13.8 Å². The van der Waals surface area contributed by atoms with Crippen molar-refractivity contribution in [2.75, 3.05) is 18.5 Å². The molecule has 6 nitrogen and oxygen atoms in total. The molecule has 0 atom stereocenters. The Balaban J connectivity index is 1.70. The van der Waals surface area contributed by atoms with Crippen LogP contribution in [0.3, 0.4) is 0 Å². The standard InChI is InChI=1S/C24H23NO5/c1-3-28-19-13-9-17(10-14-19)23(26)25-21-7-5-6-8-22(21)30-24(27)18-11-15-20(16-12-18)29-4-2/h5-16H,3-4H2,1-2H3,(H,25,26). The largest absolute Gasteiger partial charge is 0.494 e. The van der Waals surface area contributed by atoms with Crippen LogP contribution in [0.25, 0.3) is 0 Å². The SMILES string of the molecule is CCOc1ccc(C(=O)Nc2ccccc2OC(=O)c2ccc(OCC)cc2)cc1. The number of carbonyl (C=O) groups excluding carboxylic acids is 2. The van der Waals surface area contributed by atoms with Gasteiger partial charge in [-0.25, -0.2) is 4.79 Å². The fourth-order valence-electron chi connectivity index (χ4n) is 2.74. The van der Waals surface area contributed by atoms with Crippen molar-refractivity contribution < 1.29 is 23.8 Å². The summed E-state index contributed by atoms with van der Waals surface area (Å²) in [5.41, 5.74) is 1.24. The van der Waals surface area contributed by atoms with Crippen LogP contribution in [0, 0.1) is 0 Å². The van der Waals surface area contributed by atoms with E-state index in [1.54, 1.807) is 72.8 Å². The zero-order valence-electron chi connectivity index (χ0n) is 16.9. The van der Waals surface area contributed by atoms with Crippen LogP contribution in [-0.4, -0.2) is 25.1 Å². The quantitative estimate of drug-likeness (QED) is 0.424. The lowest BCUT2D eigenvalue weighted by atomic mass is 10.2. The molecule has 0 aliphatic carbocycles. The zero-order valence-corrected chi connectivity index (χ0v) is 16.9. The van der Waals surface area contributed by atoms with Crippen molar-refractivity contribution in [3.8, 4) is 17.2 Å². The van der Waals surface area contributed by atoms with Gasteiger partial charge in [0.05, 0.1) is 24.5 Å². The first-order chi connectivity index (χ1) is 14.6. The number of nitrogens with one attached hydrogen (secondary N) is 1. The van der Waals surface area contributed by atoms with E-state index in [4.69, 9.17) is 14.2 Å². The molecule has 0 fully saturated rings. The Bertz CT molecular complexity index is 914. The highest BCUT2D eigenvalue weighted by Crippen LogP contribution is 2.26. The number of para-hydroxylation sites is 2. The summed E-state index contributed by atoms with van der Waals surface area (Å²) >= 11 is 0. The minimum absolute atomic E-state index is 0.260. The van der Waals surface area contributed by atoms with Gasteiger partial charge in [0.1, 0.15) is 11.5 Å². The fourth-order valence-corrected chi connectivity index (χ4v) is 2.74. The molecule has 0 unspecified atom stereocenters. The molecule has 0 aliphatic rings. The van der Waals surface area contributed by atoms with E-state index < -0.39 is 5.97 Å². The Morgan fingerprint density at radius 3 is 1.83 bits per heavy atom. The molecule has 3 aromatic carbocycles. The van der Waals surface area contributed by atoms with Gasteiger partial charge in [0.15, 0.2) is 5.75 Å². The molecule has 0 aromatic heterocycles. The Morgan fingerprint density at radius 2 is 1.27 bits per heavy atom. The molecular formula is C24H23NO5. The predicted octanol–water partition coefficient (Wildman–Crippen LogP) is 4.96. The number of ether oxygens (including phenoxy) is 3. The van der Waals surface area contributed by atoms with Gasteiger partial charge in [-0.05, 0) is 74.5 Å². The monoisotopic (exact) mass is 405 g/mol. The van der Waals surface area contributed by atoms with Gasteiger partial charge in [-0.3, -0.25) is 4.79 Å². The van der Waals surface area contributed by atoms with Gasteiger partial charge in [0.25, 0.3) is 5.91 Å². The Morgan fingerprint density at radius 1 is 0.733 bits per heavy atom. The highest BCUT2D eigenvalue weighted by atomic mass is 16.5. The number of hydrogen-bond donors (Lipinski definition) is 1. The maximum absolute atomic E-state index is 12.6. The van der Waals surface area contributed by atoms with Crippen LogP contribution in [0.2, 0.25) is 0 Å². The van der Waals surface area contributed by atoms with Crippen molar-refractivity contribution >= 4 is 17.6 Å². The average molecular weight is 405 g/mol. The number of anilines is 1. The summed E-state index contributed by atoms with van der Waals surface area (Å²) in [6.07, 6.45) is 0. The lowest BCUT2D eigenvalue weighted by Gasteiger charge is -2.12. The fraction of sp³-hybridized carbons (Fsp3) is 0.167. The normalized spacial score (nSPS) is 10.2. The van der Waals surface area contributed by atoms with Crippen LogP contribution in [0.5, 0.6) is 17.2 Å². The van der Waals surface area contributed by atoms with E-state index in [1.165, 1.54) is 0 Å². The summed E-state index contributed by atoms with van der Waals surface area (Å²) in [7, 11) is 0. The Hall–Kier alpha value is -3.80. The van der Waals surface area contributed by atoms with E-state index in [2.05, 4.69) is 5.32 Å². The smallest absolute Gasteiger partial charge is 0.343 e. The molecular weight excluding hydrogens is 382 g/mol. The van der Waals surface area contributed by atoms with Crippen molar-refractivity contribution in [2.24, 2.45) is 0 Å². The van der Waals surface area contributed by atoms with Gasteiger partial charge in [0, 0.05) is 5.56 Å². The van der Waals surface area contributed by atoms with Gasteiger partial charge in [0.2, 0.25) is 0 Å². The molecule has 0 heterocycles. The first-order valence-electron chi connectivity index (χ1n) is 9.69. The number of esters is 1. The topological polar surface area (TPSA) is 73.9 Å². The summed E-state index contributed by atoms with van der Waals surface area (Å²) in [6.45, 7) is 4.89. The van der Waals surface area contributed by atoms with E-state index in [1.807, 2.05) is 13.8 Å². The zero-order chi connectivity index (χ0) is 21.3. The molecule has 0 radical (unpaired) electrons. The molecule has 0 spiro atoms. The third kappa shape index (κ3) is 5.38. The van der Waals surface area contributed by atoms with Crippen molar-refractivity contribution in [3.05, 3.63) is 83.9 Å². The predicted molar refractivity (Wildman–Crippen MR) is 115 cm³/mol. The van der Waals surface area contributed by atoms with Gasteiger partial charge in [-0.15, -0.1) is 0 Å². The molecule has 0 saturated carbocycles. The third-order valence-electron chi connectivity index (χ3n) is 4.17. The van der Waals surface area contributed by atoms with E-state index in [0.29, 0.717) is 41.5 Å². The van der Waals surface area contributed by atoms with Crippen LogP contribution in [0.15, 0.2) is 72.8 Å². The second kappa shape index (κ2) is 10.1. The maximum atomic E-state index is 12.6. The third-order valence-corrected chi connectivity index (χ3v) is 4.17. The molecule has 1 amide bonds. The van der Waals surface area contributed by atoms with Gasteiger partial charge < -0.3 is 19.5 Å². The highest BCUT2D eigenvalue weighted by Gasteiger charge is 2.14. The van der Waals surface area contributed by atoms with Crippen molar-refractivity contribution in [3.63, 3.8) is 0 Å². The molecule has 3 rings (SSSR count). The lowest BCUT2D eigenvalue weighted by Crippen LogP contribution is -2.15. The number of hydrogen-bond acceptors (Lipinski definition) is 5. The van der Waals surface area contributed by atoms with Crippen molar-refractivity contribution in [1.82, 2.24) is 0 Å². The molecule has 154 valence electrons. The second-order valence-electron chi connectivity index (χ2n) is 6.25. The average Bonchev–Trinajstić information content (AvgIpc) is 2.76. The molecule has 0 saturated heterocycles. The minimum atomic E-state index is -0.527. The summed E-state index contributed by atoms with van der Waals surface area (Å²) in [5, 5.41) is 2.78. The highest BCUT2D eigenvalue weighted by molar-refractivity contribution is 6.05. The molecule has 1 N–H and O–H groups in total. The van der Waals surface area contributed by atoms with Gasteiger partial charge >= 0.3 is 5.97 Å². The Labute approximate surface area is 175 Å². The number of amides is 1. The summed E-state index contributed by atoms with van der Waals surface area (Å²) in [5.74, 6) is 0.787. The number of benzene rings is 3. The Kier molecular flexibility index (Phi) is 7.05. The van der Waals surface area contributed by atoms with E-state index in [-0.39, 0.29) is 11.7 Å². The first-order valence-corrected chi connectivity index (χ1v) is 9.69. The van der Waals surface area contributed by atoms with E-state index >= 15 is 0 Å². The summed E-state index contributed by atoms with van der Waals surface area (Å²) in [4.78, 5) is 25.1. The minimum Gasteiger partial charge on any atom is -0.494 e. The number of rotatable bonds is 8. The molecule has 0 bridgehead atoms. The van der Waals surface area contributed by atoms with Crippen LogP contribution < -0.4 is 19.5 Å². The van der Waals surface area contributed by atoms with Gasteiger partial charge in [-0.2, -0.15) is 0 Å². The summed E-state index contributed by atoms with van der Waals surface area (Å²) < 4.78 is 16.3. The lowest BCUT2D eigenvalue weighted by molar-refractivity contribution is 0.0734. The van der Waals surface area contributed by atoms with E-state index in [9.17, 15) is 9.59 Å². The second-order valence-corrected chi connectivity index (χ2v) is 6.25. The number of carbonyl (C=O) groups is 2. The van der Waals surface area contributed by atoms with Crippen LogP contribution in [0.4, 0.5) is 5.69 Å². The van der Waals surface area contributed by atoms with E-state index in [0.717, 1.165) is 0 Å². The molecule has 3 aromatic rings. The maximum Gasteiger partial charge on any atom is 0.343 e. The summed E-state index contributed by atoms with van der Waals surface area (Å²) in [6, 6.07) is 20.3. The van der Waals surface area contributed by atoms with Crippen LogP contribution >= 0.6 is 0 Å². The molecule has 30 heavy (non-hydrogen) atoms.